The van der Waals surface area contributed by atoms with Crippen molar-refractivity contribution in [1.82, 2.24) is 41.2 Å². The molecule has 2 aromatic carbocycles. The second kappa shape index (κ2) is 9.48. The van der Waals surface area contributed by atoms with Crippen LogP contribution in [0.3, 0.4) is 0 Å². The molecule has 2 heterocycles. The zero-order chi connectivity index (χ0) is 24.2. The number of hydrogen-bond donors (Lipinski definition) is 3. The van der Waals surface area contributed by atoms with Crippen molar-refractivity contribution < 1.29 is 9.59 Å². The lowest BCUT2D eigenvalue weighted by atomic mass is 10.0. The maximum absolute atomic E-state index is 12.9. The van der Waals surface area contributed by atoms with Gasteiger partial charge < -0.3 is 10.6 Å². The van der Waals surface area contributed by atoms with Crippen molar-refractivity contribution in [2.75, 3.05) is 0 Å². The van der Waals surface area contributed by atoms with Gasteiger partial charge >= 0.3 is 0 Å². The van der Waals surface area contributed by atoms with E-state index in [0.29, 0.717) is 11.5 Å². The molecule has 1 aliphatic rings. The largest absolute Gasteiger partial charge is 0.347 e. The maximum Gasteiger partial charge on any atom is 0.270 e. The number of hydrogen-bond acceptors (Lipinski definition) is 7. The standard InChI is InChI=1S/C24H19N9O2/c1-25-17-4-2-3-14(9-17)12-26-23(34)20-11-21(28-13-27-20)24(35)29-19-8-6-15-10-16(5-7-18(15)19)22-30-32-33-31-22/h2-5,7,9-11,13,19H,6,8,12H2,(H,26,34)(H,29,35)(H,30,31,32,33)/t19-/m1/s1. The van der Waals surface area contributed by atoms with Crippen molar-refractivity contribution in [2.24, 2.45) is 0 Å². The van der Waals surface area contributed by atoms with Crippen molar-refractivity contribution in [3.63, 3.8) is 0 Å². The molecule has 1 atom stereocenters. The maximum atomic E-state index is 12.9. The number of aromatic nitrogens is 6. The van der Waals surface area contributed by atoms with E-state index in [4.69, 9.17) is 6.57 Å². The Morgan fingerprint density at radius 1 is 1.09 bits per heavy atom. The van der Waals surface area contributed by atoms with Crippen LogP contribution in [0.25, 0.3) is 16.2 Å². The SMILES string of the molecule is [C-]#[N+]c1cccc(CNC(=O)c2cc(C(=O)N[C@@H]3CCc4cc(-c5nn[nH]n5)ccc43)ncn2)c1. The highest BCUT2D eigenvalue weighted by Crippen LogP contribution is 2.33. The van der Waals surface area contributed by atoms with Gasteiger partial charge in [-0.1, -0.05) is 36.4 Å². The monoisotopic (exact) mass is 465 g/mol. The van der Waals surface area contributed by atoms with Crippen LogP contribution in [0.1, 0.15) is 50.1 Å². The first-order valence-electron chi connectivity index (χ1n) is 10.8. The molecule has 2 aromatic heterocycles. The molecule has 0 bridgehead atoms. The van der Waals surface area contributed by atoms with Crippen LogP contribution in [0.4, 0.5) is 5.69 Å². The van der Waals surface area contributed by atoms with Gasteiger partial charge in [0, 0.05) is 18.2 Å². The summed E-state index contributed by atoms with van der Waals surface area (Å²) in [4.78, 5) is 36.9. The lowest BCUT2D eigenvalue weighted by molar-refractivity contribution is 0.0931. The van der Waals surface area contributed by atoms with Crippen LogP contribution < -0.4 is 10.6 Å². The van der Waals surface area contributed by atoms with Gasteiger partial charge in [-0.15, -0.1) is 10.2 Å². The van der Waals surface area contributed by atoms with Gasteiger partial charge in [-0.25, -0.2) is 14.8 Å². The van der Waals surface area contributed by atoms with E-state index in [1.165, 1.54) is 12.4 Å². The predicted molar refractivity (Wildman–Crippen MR) is 124 cm³/mol. The Morgan fingerprint density at radius 2 is 1.94 bits per heavy atom. The molecule has 5 rings (SSSR count). The van der Waals surface area contributed by atoms with E-state index < -0.39 is 5.91 Å². The fraction of sp³-hybridized carbons (Fsp3) is 0.167. The minimum Gasteiger partial charge on any atom is -0.347 e. The normalized spacial score (nSPS) is 14.1. The summed E-state index contributed by atoms with van der Waals surface area (Å²) in [7, 11) is 0. The first kappa shape index (κ1) is 21.8. The Bertz CT molecular complexity index is 1440. The van der Waals surface area contributed by atoms with Crippen LogP contribution in [-0.4, -0.2) is 42.4 Å². The number of nitrogens with one attached hydrogen (secondary N) is 3. The molecule has 2 amide bonds. The third-order valence-electron chi connectivity index (χ3n) is 5.75. The van der Waals surface area contributed by atoms with Gasteiger partial charge in [0.25, 0.3) is 11.8 Å². The smallest absolute Gasteiger partial charge is 0.270 e. The summed E-state index contributed by atoms with van der Waals surface area (Å²) in [6.07, 6.45) is 2.75. The van der Waals surface area contributed by atoms with E-state index in [9.17, 15) is 9.59 Å². The summed E-state index contributed by atoms with van der Waals surface area (Å²) < 4.78 is 0. The Labute approximate surface area is 199 Å². The third-order valence-corrected chi connectivity index (χ3v) is 5.75. The predicted octanol–water partition coefficient (Wildman–Crippen LogP) is 2.55. The Morgan fingerprint density at radius 3 is 2.74 bits per heavy atom. The molecular formula is C24H19N9O2. The first-order valence-corrected chi connectivity index (χ1v) is 10.8. The van der Waals surface area contributed by atoms with Crippen LogP contribution in [0.2, 0.25) is 0 Å². The third kappa shape index (κ3) is 4.72. The molecule has 0 saturated heterocycles. The second-order valence-electron chi connectivity index (χ2n) is 7.97. The van der Waals surface area contributed by atoms with Crippen LogP contribution in [0, 0.1) is 6.57 Å². The average Bonchev–Trinajstić information content (AvgIpc) is 3.58. The van der Waals surface area contributed by atoms with E-state index in [1.54, 1.807) is 18.2 Å². The summed E-state index contributed by atoms with van der Waals surface area (Å²) in [5.74, 6) is -0.299. The van der Waals surface area contributed by atoms with Crippen molar-refractivity contribution in [3.05, 3.63) is 94.4 Å². The highest BCUT2D eigenvalue weighted by atomic mass is 16.2. The summed E-state index contributed by atoms with van der Waals surface area (Å²) in [6, 6.07) is 14.0. The molecule has 11 nitrogen and oxygen atoms in total. The molecular weight excluding hydrogens is 446 g/mol. The quantitative estimate of drug-likeness (QED) is 0.371. The van der Waals surface area contributed by atoms with E-state index >= 15 is 0 Å². The lowest BCUT2D eigenvalue weighted by Gasteiger charge is -2.14. The fourth-order valence-corrected chi connectivity index (χ4v) is 4.04. The molecule has 172 valence electrons. The fourth-order valence-electron chi connectivity index (χ4n) is 4.04. The zero-order valence-electron chi connectivity index (χ0n) is 18.4. The number of amides is 2. The van der Waals surface area contributed by atoms with Crippen molar-refractivity contribution >= 4 is 17.5 Å². The summed E-state index contributed by atoms with van der Waals surface area (Å²) >= 11 is 0. The number of carbonyl (C=O) groups is 2. The van der Waals surface area contributed by atoms with Crippen molar-refractivity contribution in [2.45, 2.75) is 25.4 Å². The van der Waals surface area contributed by atoms with Gasteiger partial charge in [0.05, 0.1) is 12.6 Å². The van der Waals surface area contributed by atoms with Crippen LogP contribution in [0.15, 0.2) is 54.9 Å². The number of benzene rings is 2. The number of aryl methyl sites for hydroxylation is 1. The van der Waals surface area contributed by atoms with Crippen LogP contribution in [-0.2, 0) is 13.0 Å². The van der Waals surface area contributed by atoms with Gasteiger partial charge in [0.15, 0.2) is 5.69 Å². The number of nitrogens with zero attached hydrogens (tertiary/aromatic N) is 6. The average molecular weight is 465 g/mol. The minimum atomic E-state index is -0.435. The Hall–Kier alpha value is -4.98. The molecule has 11 heteroatoms. The lowest BCUT2D eigenvalue weighted by Crippen LogP contribution is -2.29. The van der Waals surface area contributed by atoms with Gasteiger partial charge in [-0.2, -0.15) is 5.21 Å². The summed E-state index contributed by atoms with van der Waals surface area (Å²) in [5.41, 5.74) is 4.48. The number of carbonyl (C=O) groups excluding carboxylic acids is 2. The molecule has 4 aromatic rings. The van der Waals surface area contributed by atoms with Crippen molar-refractivity contribution in [3.8, 4) is 11.4 Å². The molecule has 3 N–H and O–H groups in total. The summed E-state index contributed by atoms with van der Waals surface area (Å²) in [6.45, 7) is 7.32. The van der Waals surface area contributed by atoms with Gasteiger partial charge in [-0.05, 0) is 40.8 Å². The summed E-state index contributed by atoms with van der Waals surface area (Å²) in [5, 5.41) is 19.8. The number of aromatic amines is 1. The van der Waals surface area contributed by atoms with Gasteiger partial charge in [0.2, 0.25) is 5.82 Å². The molecule has 0 spiro atoms. The zero-order valence-corrected chi connectivity index (χ0v) is 18.4. The highest BCUT2D eigenvalue weighted by Gasteiger charge is 2.26. The van der Waals surface area contributed by atoms with Crippen molar-refractivity contribution in [1.29, 1.82) is 0 Å². The van der Waals surface area contributed by atoms with Crippen LogP contribution >= 0.6 is 0 Å². The molecule has 0 radical (unpaired) electrons. The van der Waals surface area contributed by atoms with E-state index in [0.717, 1.165) is 35.1 Å². The molecule has 0 unspecified atom stereocenters. The topological polar surface area (TPSA) is 143 Å². The van der Waals surface area contributed by atoms with Gasteiger partial charge in [0.1, 0.15) is 17.7 Å². The number of H-pyrrole nitrogens is 1. The van der Waals surface area contributed by atoms with E-state index in [2.05, 4.69) is 46.1 Å². The Balaban J connectivity index is 1.24. The second-order valence-corrected chi connectivity index (χ2v) is 7.97. The minimum absolute atomic E-state index is 0.0862. The number of fused-ring (bicyclic) bond motifs is 1. The van der Waals surface area contributed by atoms with E-state index in [-0.39, 0.29) is 29.9 Å². The molecule has 0 aliphatic heterocycles. The first-order chi connectivity index (χ1) is 17.1. The van der Waals surface area contributed by atoms with Gasteiger partial charge in [-0.3, -0.25) is 9.59 Å². The highest BCUT2D eigenvalue weighted by molar-refractivity contribution is 5.97. The number of rotatable bonds is 6. The van der Waals surface area contributed by atoms with E-state index in [1.807, 2.05) is 24.3 Å². The Kier molecular flexibility index (Phi) is 5.92. The number of tetrazole rings is 1. The molecule has 0 fully saturated rings. The molecule has 35 heavy (non-hydrogen) atoms. The molecule has 1 aliphatic carbocycles. The molecule has 0 saturated carbocycles. The van der Waals surface area contributed by atoms with Crippen LogP contribution in [0.5, 0.6) is 0 Å².